The number of hydrogen-bond acceptors (Lipinski definition) is 1. The van der Waals surface area contributed by atoms with Crippen LogP contribution in [0, 0.1) is 0 Å². The summed E-state index contributed by atoms with van der Waals surface area (Å²) < 4.78 is 0. The van der Waals surface area contributed by atoms with Gasteiger partial charge in [0.05, 0.1) is 24.2 Å². The minimum absolute atomic E-state index is 0.129. The second-order valence-electron chi connectivity index (χ2n) is 5.27. The van der Waals surface area contributed by atoms with Crippen LogP contribution in [0.3, 0.4) is 0 Å². The lowest BCUT2D eigenvalue weighted by atomic mass is 9.91. The molecule has 4 rings (SSSR count). The van der Waals surface area contributed by atoms with Crippen molar-refractivity contribution in [3.05, 3.63) is 70.2 Å². The van der Waals surface area contributed by atoms with Gasteiger partial charge in [0, 0.05) is 10.6 Å². The largest absolute Gasteiger partial charge is 0.315 e. The molecule has 0 aromatic heterocycles. The number of halogens is 1. The zero-order valence-electron chi connectivity index (χ0n) is 10.8. The summed E-state index contributed by atoms with van der Waals surface area (Å²) in [7, 11) is 0. The van der Waals surface area contributed by atoms with Crippen molar-refractivity contribution in [1.29, 1.82) is 0 Å². The highest BCUT2D eigenvalue weighted by Crippen LogP contribution is 2.40. The zero-order valence-corrected chi connectivity index (χ0v) is 11.6. The molecule has 2 aliphatic heterocycles. The summed E-state index contributed by atoms with van der Waals surface area (Å²) in [5, 5.41) is 2.97. The monoisotopic (exact) mass is 285 g/mol. The number of carbonyl (C=O) groups excluding carboxylic acids is 1. The molecule has 0 bridgehead atoms. The Hall–Kier alpha value is -1.84. The lowest BCUT2D eigenvalue weighted by Gasteiger charge is -2.29. The van der Waals surface area contributed by atoms with Crippen molar-refractivity contribution >= 4 is 17.5 Å². The van der Waals surface area contributed by atoms with Gasteiger partial charge >= 0.3 is 0 Å². The summed E-state index contributed by atoms with van der Waals surface area (Å²) in [4.78, 5) is 14.6. The van der Waals surface area contributed by atoms with Crippen molar-refractivity contribution < 1.29 is 10.1 Å². The molecule has 2 aromatic carbocycles. The Bertz CT molecular complexity index is 698. The van der Waals surface area contributed by atoms with Crippen LogP contribution in [0.15, 0.2) is 48.5 Å². The van der Waals surface area contributed by atoms with Gasteiger partial charge < -0.3 is 5.32 Å². The Labute approximate surface area is 122 Å². The summed E-state index contributed by atoms with van der Waals surface area (Å²) in [6.45, 7) is 1.69. The quantitative estimate of drug-likeness (QED) is 0.848. The van der Waals surface area contributed by atoms with Crippen molar-refractivity contribution in [2.45, 2.75) is 5.66 Å². The predicted molar refractivity (Wildman–Crippen MR) is 76.5 cm³/mol. The fourth-order valence-corrected chi connectivity index (χ4v) is 3.61. The molecule has 1 unspecified atom stereocenters. The molecule has 2 aromatic rings. The summed E-state index contributed by atoms with van der Waals surface area (Å²) in [5.41, 5.74) is 2.61. The van der Waals surface area contributed by atoms with Gasteiger partial charge in [-0.1, -0.05) is 23.7 Å². The minimum Gasteiger partial charge on any atom is -0.315 e. The molecule has 2 N–H and O–H groups in total. The zero-order chi connectivity index (χ0) is 13.7. The van der Waals surface area contributed by atoms with Gasteiger partial charge in [0.2, 0.25) is 5.66 Å². The first-order valence-corrected chi connectivity index (χ1v) is 7.13. The van der Waals surface area contributed by atoms with E-state index in [9.17, 15) is 4.79 Å². The van der Waals surface area contributed by atoms with Gasteiger partial charge in [-0.25, -0.2) is 0 Å². The summed E-state index contributed by atoms with van der Waals surface area (Å²) in [6, 6.07) is 15.7. The van der Waals surface area contributed by atoms with Gasteiger partial charge in [-0.3, -0.25) is 9.69 Å². The third-order valence-electron chi connectivity index (χ3n) is 4.32. The molecular formula is C16H14ClN2O+. The van der Waals surface area contributed by atoms with Gasteiger partial charge in [0.1, 0.15) is 0 Å². The minimum atomic E-state index is -0.404. The Morgan fingerprint density at radius 1 is 1.10 bits per heavy atom. The lowest BCUT2D eigenvalue weighted by Crippen LogP contribution is -2.93. The average Bonchev–Trinajstić information content (AvgIpc) is 3.01. The van der Waals surface area contributed by atoms with Crippen LogP contribution in [-0.4, -0.2) is 23.9 Å². The maximum absolute atomic E-state index is 12.6. The fourth-order valence-electron chi connectivity index (χ4n) is 3.49. The Morgan fingerprint density at radius 3 is 2.65 bits per heavy atom. The number of carbonyl (C=O) groups is 1. The molecule has 1 atom stereocenters. The number of benzene rings is 2. The van der Waals surface area contributed by atoms with E-state index in [2.05, 4.69) is 11.4 Å². The second kappa shape index (κ2) is 4.08. The van der Waals surface area contributed by atoms with E-state index in [0.717, 1.165) is 29.8 Å². The molecule has 0 radical (unpaired) electrons. The Morgan fingerprint density at radius 2 is 1.85 bits per heavy atom. The molecule has 4 heteroatoms. The number of amides is 1. The van der Waals surface area contributed by atoms with Gasteiger partial charge in [-0.2, -0.15) is 0 Å². The topological polar surface area (TPSA) is 36.9 Å². The van der Waals surface area contributed by atoms with E-state index in [-0.39, 0.29) is 5.91 Å². The van der Waals surface area contributed by atoms with Crippen molar-refractivity contribution in [2.24, 2.45) is 0 Å². The first-order valence-electron chi connectivity index (χ1n) is 6.75. The molecule has 1 amide bonds. The molecule has 2 aliphatic rings. The average molecular weight is 286 g/mol. The number of fused-ring (bicyclic) bond motifs is 3. The number of hydrogen-bond donors (Lipinski definition) is 1. The van der Waals surface area contributed by atoms with Gasteiger partial charge in [0.15, 0.2) is 0 Å². The highest BCUT2D eigenvalue weighted by Gasteiger charge is 2.57. The van der Waals surface area contributed by atoms with Crippen LogP contribution in [0.2, 0.25) is 5.02 Å². The highest BCUT2D eigenvalue weighted by molar-refractivity contribution is 6.30. The van der Waals surface area contributed by atoms with Crippen molar-refractivity contribution in [1.82, 2.24) is 4.90 Å². The SMILES string of the molecule is O=C1c2ccccc2C2(c3ccc(Cl)cc3)[NH2+]CCN12. The van der Waals surface area contributed by atoms with E-state index < -0.39 is 5.66 Å². The third-order valence-corrected chi connectivity index (χ3v) is 4.57. The molecule has 1 saturated heterocycles. The Kier molecular flexibility index (Phi) is 2.43. The molecule has 1 fully saturated rings. The first kappa shape index (κ1) is 11.9. The van der Waals surface area contributed by atoms with Gasteiger partial charge in [-0.15, -0.1) is 0 Å². The molecule has 2 heterocycles. The fraction of sp³-hybridized carbons (Fsp3) is 0.188. The maximum atomic E-state index is 12.6. The Balaban J connectivity index is 1.99. The summed E-state index contributed by atoms with van der Waals surface area (Å²) in [6.07, 6.45) is 0. The van der Waals surface area contributed by atoms with E-state index in [4.69, 9.17) is 11.6 Å². The van der Waals surface area contributed by atoms with Crippen LogP contribution >= 0.6 is 11.6 Å². The summed E-state index contributed by atoms with van der Waals surface area (Å²) >= 11 is 6.00. The summed E-state index contributed by atoms with van der Waals surface area (Å²) in [5.74, 6) is 0.129. The molecule has 20 heavy (non-hydrogen) atoms. The second-order valence-corrected chi connectivity index (χ2v) is 5.70. The van der Waals surface area contributed by atoms with Crippen LogP contribution < -0.4 is 5.32 Å². The standard InChI is InChI=1S/C16H13ClN2O/c17-12-7-5-11(6-8-12)16-14-4-2-1-3-13(14)15(20)19(16)10-9-18-16/h1-8,18H,9-10H2/p+1. The number of quaternary nitrogens is 1. The number of nitrogens with zero attached hydrogens (tertiary/aromatic N) is 1. The van der Waals surface area contributed by atoms with Crippen LogP contribution in [-0.2, 0) is 5.66 Å². The van der Waals surface area contributed by atoms with Crippen molar-refractivity contribution in [2.75, 3.05) is 13.1 Å². The highest BCUT2D eigenvalue weighted by atomic mass is 35.5. The van der Waals surface area contributed by atoms with Gasteiger partial charge in [-0.05, 0) is 36.4 Å². The predicted octanol–water partition coefficient (Wildman–Crippen LogP) is 1.57. The molecular weight excluding hydrogens is 272 g/mol. The van der Waals surface area contributed by atoms with Crippen LogP contribution in [0.4, 0.5) is 0 Å². The molecule has 0 aliphatic carbocycles. The van der Waals surface area contributed by atoms with Crippen molar-refractivity contribution in [3.8, 4) is 0 Å². The van der Waals surface area contributed by atoms with Crippen LogP contribution in [0.25, 0.3) is 0 Å². The maximum Gasteiger partial charge on any atom is 0.259 e. The van der Waals surface area contributed by atoms with Crippen LogP contribution in [0.5, 0.6) is 0 Å². The van der Waals surface area contributed by atoms with Gasteiger partial charge in [0.25, 0.3) is 5.91 Å². The molecule has 0 spiro atoms. The number of nitrogens with two attached hydrogens (primary N) is 1. The number of rotatable bonds is 1. The van der Waals surface area contributed by atoms with E-state index >= 15 is 0 Å². The molecule has 3 nitrogen and oxygen atoms in total. The smallest absolute Gasteiger partial charge is 0.259 e. The lowest BCUT2D eigenvalue weighted by molar-refractivity contribution is -0.716. The first-order chi connectivity index (χ1) is 9.73. The van der Waals surface area contributed by atoms with E-state index in [1.165, 1.54) is 0 Å². The van der Waals surface area contributed by atoms with Crippen molar-refractivity contribution in [3.63, 3.8) is 0 Å². The molecule has 0 saturated carbocycles. The third kappa shape index (κ3) is 1.37. The van der Waals surface area contributed by atoms with Crippen LogP contribution in [0.1, 0.15) is 21.5 Å². The van der Waals surface area contributed by atoms with E-state index in [1.54, 1.807) is 0 Å². The normalized spacial score (nSPS) is 23.9. The van der Waals surface area contributed by atoms with E-state index in [1.807, 2.05) is 47.4 Å². The van der Waals surface area contributed by atoms with E-state index in [0.29, 0.717) is 5.02 Å². The molecule has 100 valence electrons.